The van der Waals surface area contributed by atoms with Crippen LogP contribution in [0.4, 0.5) is 8.78 Å². The molecule has 0 bridgehead atoms. The lowest BCUT2D eigenvalue weighted by atomic mass is 10.00. The van der Waals surface area contributed by atoms with E-state index in [4.69, 9.17) is 9.47 Å². The molecule has 4 unspecified atom stereocenters. The normalized spacial score (nSPS) is 33.8. The van der Waals surface area contributed by atoms with Gasteiger partial charge < -0.3 is 14.8 Å². The van der Waals surface area contributed by atoms with Gasteiger partial charge in [-0.3, -0.25) is 0 Å². The average Bonchev–Trinajstić information content (AvgIpc) is 3.04. The molecule has 110 valence electrons. The molecule has 0 saturated carbocycles. The maximum Gasteiger partial charge on any atom is 0.159 e. The standard InChI is InChI=1S/C15H19F2NO2/c1-9-13(4-6-19-9)18-14-5-7-20-15(14)10-2-3-11(16)12(17)8-10/h2-3,8-9,13-15,18H,4-7H2,1H3. The second-order valence-corrected chi connectivity index (χ2v) is 5.50. The number of halogens is 2. The summed E-state index contributed by atoms with van der Waals surface area (Å²) in [5.74, 6) is -1.65. The molecule has 0 amide bonds. The van der Waals surface area contributed by atoms with Crippen LogP contribution in [0.2, 0.25) is 0 Å². The topological polar surface area (TPSA) is 30.5 Å². The largest absolute Gasteiger partial charge is 0.377 e. The van der Waals surface area contributed by atoms with Gasteiger partial charge in [-0.2, -0.15) is 0 Å². The zero-order valence-corrected chi connectivity index (χ0v) is 11.4. The summed E-state index contributed by atoms with van der Waals surface area (Å²) in [6.07, 6.45) is 1.80. The van der Waals surface area contributed by atoms with Gasteiger partial charge in [0.15, 0.2) is 11.6 Å². The molecule has 5 heteroatoms. The quantitative estimate of drug-likeness (QED) is 0.925. The number of hydrogen-bond acceptors (Lipinski definition) is 3. The predicted molar refractivity (Wildman–Crippen MR) is 70.4 cm³/mol. The summed E-state index contributed by atoms with van der Waals surface area (Å²) in [6.45, 7) is 3.44. The van der Waals surface area contributed by atoms with Crippen molar-refractivity contribution in [1.82, 2.24) is 5.32 Å². The van der Waals surface area contributed by atoms with Crippen LogP contribution < -0.4 is 5.32 Å². The Kier molecular flexibility index (Phi) is 4.01. The summed E-state index contributed by atoms with van der Waals surface area (Å²) in [5, 5.41) is 3.54. The summed E-state index contributed by atoms with van der Waals surface area (Å²) in [5.41, 5.74) is 0.686. The monoisotopic (exact) mass is 283 g/mol. The first kappa shape index (κ1) is 13.9. The molecule has 20 heavy (non-hydrogen) atoms. The fraction of sp³-hybridized carbons (Fsp3) is 0.600. The molecule has 1 aromatic rings. The van der Waals surface area contributed by atoms with Crippen molar-refractivity contribution in [3.63, 3.8) is 0 Å². The average molecular weight is 283 g/mol. The van der Waals surface area contributed by atoms with Gasteiger partial charge in [0.1, 0.15) is 0 Å². The van der Waals surface area contributed by atoms with E-state index in [2.05, 4.69) is 5.32 Å². The first-order valence-electron chi connectivity index (χ1n) is 7.09. The van der Waals surface area contributed by atoms with Crippen molar-refractivity contribution in [2.45, 2.75) is 44.1 Å². The van der Waals surface area contributed by atoms with Crippen LogP contribution in [0.3, 0.4) is 0 Å². The number of hydrogen-bond donors (Lipinski definition) is 1. The minimum atomic E-state index is -0.825. The molecule has 4 atom stereocenters. The zero-order valence-electron chi connectivity index (χ0n) is 11.4. The SMILES string of the molecule is CC1OCCC1NC1CCOC1c1ccc(F)c(F)c1. The lowest BCUT2D eigenvalue weighted by molar-refractivity contribution is 0.0853. The molecule has 2 aliphatic heterocycles. The van der Waals surface area contributed by atoms with E-state index in [1.807, 2.05) is 6.92 Å². The lowest BCUT2D eigenvalue weighted by Gasteiger charge is -2.25. The number of ether oxygens (including phenoxy) is 2. The minimum absolute atomic E-state index is 0.119. The summed E-state index contributed by atoms with van der Waals surface area (Å²) in [6, 6.07) is 4.40. The van der Waals surface area contributed by atoms with Crippen LogP contribution in [0, 0.1) is 11.6 Å². The van der Waals surface area contributed by atoms with Crippen LogP contribution in [0.1, 0.15) is 31.4 Å². The highest BCUT2D eigenvalue weighted by atomic mass is 19.2. The lowest BCUT2D eigenvalue weighted by Crippen LogP contribution is -2.43. The highest BCUT2D eigenvalue weighted by Crippen LogP contribution is 2.31. The molecular formula is C15H19F2NO2. The molecule has 0 aromatic heterocycles. The second-order valence-electron chi connectivity index (χ2n) is 5.50. The van der Waals surface area contributed by atoms with E-state index in [1.54, 1.807) is 6.07 Å². The van der Waals surface area contributed by atoms with Crippen LogP contribution in [0.15, 0.2) is 18.2 Å². The van der Waals surface area contributed by atoms with Crippen LogP contribution in [-0.4, -0.2) is 31.4 Å². The highest BCUT2D eigenvalue weighted by molar-refractivity contribution is 5.22. The van der Waals surface area contributed by atoms with E-state index in [-0.39, 0.29) is 18.2 Å². The van der Waals surface area contributed by atoms with Crippen molar-refractivity contribution in [3.8, 4) is 0 Å². The Hall–Kier alpha value is -1.04. The molecule has 3 nitrogen and oxygen atoms in total. The molecule has 2 aliphatic rings. The molecule has 0 radical (unpaired) electrons. The first-order chi connectivity index (χ1) is 9.65. The van der Waals surface area contributed by atoms with E-state index in [9.17, 15) is 8.78 Å². The van der Waals surface area contributed by atoms with Gasteiger partial charge in [-0.25, -0.2) is 8.78 Å². The third-order valence-corrected chi connectivity index (χ3v) is 4.17. The number of rotatable bonds is 3. The van der Waals surface area contributed by atoms with Crippen LogP contribution >= 0.6 is 0 Å². The van der Waals surface area contributed by atoms with Crippen LogP contribution in [0.5, 0.6) is 0 Å². The van der Waals surface area contributed by atoms with Crippen molar-refractivity contribution < 1.29 is 18.3 Å². The molecule has 2 saturated heterocycles. The fourth-order valence-corrected chi connectivity index (χ4v) is 3.00. The van der Waals surface area contributed by atoms with Crippen molar-refractivity contribution in [1.29, 1.82) is 0 Å². The van der Waals surface area contributed by atoms with Crippen molar-refractivity contribution >= 4 is 0 Å². The van der Waals surface area contributed by atoms with Crippen LogP contribution in [-0.2, 0) is 9.47 Å². The van der Waals surface area contributed by atoms with Crippen molar-refractivity contribution in [3.05, 3.63) is 35.4 Å². The van der Waals surface area contributed by atoms with Gasteiger partial charge in [0.25, 0.3) is 0 Å². The Morgan fingerprint density at radius 1 is 1.05 bits per heavy atom. The third kappa shape index (κ3) is 2.71. The molecule has 0 aliphatic carbocycles. The van der Waals surface area contributed by atoms with E-state index in [1.165, 1.54) is 6.07 Å². The van der Waals surface area contributed by atoms with Gasteiger partial charge in [-0.1, -0.05) is 6.07 Å². The maximum absolute atomic E-state index is 13.4. The fourth-order valence-electron chi connectivity index (χ4n) is 3.00. The zero-order chi connectivity index (χ0) is 14.1. The van der Waals surface area contributed by atoms with Gasteiger partial charge in [0.05, 0.1) is 12.2 Å². The molecule has 2 heterocycles. The van der Waals surface area contributed by atoms with Crippen molar-refractivity contribution in [2.24, 2.45) is 0 Å². The molecule has 0 spiro atoms. The van der Waals surface area contributed by atoms with Gasteiger partial charge in [0, 0.05) is 25.3 Å². The van der Waals surface area contributed by atoms with E-state index in [0.717, 1.165) is 25.5 Å². The van der Waals surface area contributed by atoms with E-state index >= 15 is 0 Å². The predicted octanol–water partition coefficient (Wildman–Crippen LogP) is 2.56. The van der Waals surface area contributed by atoms with Crippen LogP contribution in [0.25, 0.3) is 0 Å². The molecular weight excluding hydrogens is 264 g/mol. The van der Waals surface area contributed by atoms with Gasteiger partial charge >= 0.3 is 0 Å². The Balaban J connectivity index is 1.73. The summed E-state index contributed by atoms with van der Waals surface area (Å²) < 4.78 is 37.6. The highest BCUT2D eigenvalue weighted by Gasteiger charge is 2.34. The Morgan fingerprint density at radius 2 is 1.80 bits per heavy atom. The summed E-state index contributed by atoms with van der Waals surface area (Å²) >= 11 is 0. The van der Waals surface area contributed by atoms with Crippen molar-refractivity contribution in [2.75, 3.05) is 13.2 Å². The maximum atomic E-state index is 13.4. The summed E-state index contributed by atoms with van der Waals surface area (Å²) in [4.78, 5) is 0. The van der Waals surface area contributed by atoms with E-state index < -0.39 is 11.6 Å². The van der Waals surface area contributed by atoms with E-state index in [0.29, 0.717) is 18.2 Å². The Labute approximate surface area is 117 Å². The molecule has 1 aromatic carbocycles. The molecule has 2 fully saturated rings. The molecule has 1 N–H and O–H groups in total. The van der Waals surface area contributed by atoms with Gasteiger partial charge in [-0.05, 0) is 37.5 Å². The second kappa shape index (κ2) is 5.76. The van der Waals surface area contributed by atoms with Gasteiger partial charge in [-0.15, -0.1) is 0 Å². The molecule has 3 rings (SSSR count). The Morgan fingerprint density at radius 3 is 2.50 bits per heavy atom. The Bertz CT molecular complexity index is 483. The minimum Gasteiger partial charge on any atom is -0.377 e. The van der Waals surface area contributed by atoms with Gasteiger partial charge in [0.2, 0.25) is 0 Å². The third-order valence-electron chi connectivity index (χ3n) is 4.17. The number of nitrogens with one attached hydrogen (secondary N) is 1. The number of benzene rings is 1. The summed E-state index contributed by atoms with van der Waals surface area (Å²) in [7, 11) is 0. The first-order valence-corrected chi connectivity index (χ1v) is 7.09. The smallest absolute Gasteiger partial charge is 0.159 e.